The molecule has 0 bridgehead atoms. The third kappa shape index (κ3) is 9.39. The number of hydrogen-bond donors (Lipinski definition) is 1. The Bertz CT molecular complexity index is 1970. The van der Waals surface area contributed by atoms with E-state index in [9.17, 15) is 14.7 Å². The van der Waals surface area contributed by atoms with Crippen LogP contribution in [0.5, 0.6) is 0 Å². The Morgan fingerprint density at radius 2 is 1.09 bits per heavy atom. The lowest BCUT2D eigenvalue weighted by Gasteiger charge is -2.37. The van der Waals surface area contributed by atoms with E-state index in [4.69, 9.17) is 14.2 Å². The Hall–Kier alpha value is -5.82. The van der Waals surface area contributed by atoms with E-state index in [0.717, 1.165) is 45.4 Å². The molecular weight excluding hydrogens is 673 g/mol. The number of aryl methyl sites for hydroxylation is 3. The average Bonchev–Trinajstić information content (AvgIpc) is 3.24. The first-order valence-electron chi connectivity index (χ1n) is 18.4. The molecule has 1 N–H and O–H groups in total. The SMILES string of the molecule is COC(=O)c1ccccc1CCc1cccc(CC[C@@H](O)[C@@H](COC(c2ccccc2)(c2ccccc2)c2ccccc2)C(=O)OCc2ccccc2)c1. The van der Waals surface area contributed by atoms with Crippen LogP contribution < -0.4 is 0 Å². The minimum atomic E-state index is -1.07. The second-order valence-electron chi connectivity index (χ2n) is 13.4. The molecule has 0 aliphatic carbocycles. The van der Waals surface area contributed by atoms with Crippen molar-refractivity contribution in [3.63, 3.8) is 0 Å². The number of benzene rings is 6. The molecule has 2 atom stereocenters. The lowest BCUT2D eigenvalue weighted by atomic mass is 9.80. The standard InChI is InChI=1S/C48H46O6/c1-52-46(50)43-28-15-14-21-39(43)31-29-36-19-16-20-37(33-36)30-32-45(49)44(47(51)53-34-38-17-6-2-7-18-38)35-54-48(40-22-8-3-9-23-40,41-24-10-4-11-25-41)42-26-12-5-13-27-42/h2-28,33,44-45,49H,29-32,34-35H2,1H3/t44-,45-/m1/s1. The highest BCUT2D eigenvalue weighted by molar-refractivity contribution is 5.91. The van der Waals surface area contributed by atoms with Gasteiger partial charge in [-0.1, -0.05) is 164 Å². The quantitative estimate of drug-likeness (QED) is 0.0750. The maximum atomic E-state index is 14.0. The predicted molar refractivity (Wildman–Crippen MR) is 211 cm³/mol. The number of aliphatic hydroxyl groups is 1. The summed E-state index contributed by atoms with van der Waals surface area (Å²) in [7, 11) is 1.39. The Labute approximate surface area is 318 Å². The van der Waals surface area contributed by atoms with Gasteiger partial charge in [0.05, 0.1) is 25.4 Å². The number of carbonyl (C=O) groups excluding carboxylic acids is 2. The Morgan fingerprint density at radius 3 is 1.67 bits per heavy atom. The molecule has 274 valence electrons. The lowest BCUT2D eigenvalue weighted by molar-refractivity contribution is -0.159. The van der Waals surface area contributed by atoms with E-state index in [-0.39, 0.29) is 19.2 Å². The van der Waals surface area contributed by atoms with Crippen LogP contribution in [0, 0.1) is 5.92 Å². The van der Waals surface area contributed by atoms with Gasteiger partial charge in [-0.25, -0.2) is 4.79 Å². The number of carbonyl (C=O) groups is 2. The van der Waals surface area contributed by atoms with E-state index in [1.807, 2.05) is 152 Å². The predicted octanol–water partition coefficient (Wildman–Crippen LogP) is 8.92. The van der Waals surface area contributed by atoms with Crippen molar-refractivity contribution in [2.45, 2.75) is 44.0 Å². The maximum absolute atomic E-state index is 14.0. The highest BCUT2D eigenvalue weighted by atomic mass is 16.5. The molecule has 0 heterocycles. The molecule has 0 aliphatic heterocycles. The fourth-order valence-electron chi connectivity index (χ4n) is 6.94. The number of ether oxygens (including phenoxy) is 3. The summed E-state index contributed by atoms with van der Waals surface area (Å²) in [6.07, 6.45) is 1.21. The second-order valence-corrected chi connectivity index (χ2v) is 13.4. The van der Waals surface area contributed by atoms with Crippen molar-refractivity contribution in [3.05, 3.63) is 214 Å². The first-order chi connectivity index (χ1) is 26.5. The van der Waals surface area contributed by atoms with Crippen molar-refractivity contribution < 1.29 is 28.9 Å². The first-order valence-corrected chi connectivity index (χ1v) is 18.4. The van der Waals surface area contributed by atoms with Crippen molar-refractivity contribution in [2.24, 2.45) is 5.92 Å². The van der Waals surface area contributed by atoms with Gasteiger partial charge in [0.1, 0.15) is 18.1 Å². The summed E-state index contributed by atoms with van der Waals surface area (Å²) in [5, 5.41) is 11.8. The van der Waals surface area contributed by atoms with Crippen LogP contribution in [-0.4, -0.2) is 36.9 Å². The van der Waals surface area contributed by atoms with Crippen LogP contribution in [0.25, 0.3) is 0 Å². The summed E-state index contributed by atoms with van der Waals surface area (Å²) in [5.41, 5.74) is 6.15. The molecule has 0 saturated heterocycles. The third-order valence-electron chi connectivity index (χ3n) is 9.84. The fraction of sp³-hybridized carbons (Fsp3) is 0.208. The zero-order valence-corrected chi connectivity index (χ0v) is 30.6. The van der Waals surface area contributed by atoms with Crippen LogP contribution in [-0.2, 0) is 50.5 Å². The Balaban J connectivity index is 1.24. The van der Waals surface area contributed by atoms with Gasteiger partial charge in [0.15, 0.2) is 0 Å². The van der Waals surface area contributed by atoms with Crippen molar-refractivity contribution >= 4 is 11.9 Å². The summed E-state index contributed by atoms with van der Waals surface area (Å²) in [4.78, 5) is 26.3. The molecule has 0 unspecified atom stereocenters. The monoisotopic (exact) mass is 718 g/mol. The van der Waals surface area contributed by atoms with E-state index in [2.05, 4.69) is 12.1 Å². The van der Waals surface area contributed by atoms with Crippen molar-refractivity contribution in [1.29, 1.82) is 0 Å². The fourth-order valence-corrected chi connectivity index (χ4v) is 6.94. The smallest absolute Gasteiger partial charge is 0.338 e. The summed E-state index contributed by atoms with van der Waals surface area (Å²) >= 11 is 0. The number of esters is 2. The minimum Gasteiger partial charge on any atom is -0.465 e. The molecule has 0 spiro atoms. The van der Waals surface area contributed by atoms with Crippen LogP contribution in [0.4, 0.5) is 0 Å². The minimum absolute atomic E-state index is 0.0885. The van der Waals surface area contributed by atoms with Gasteiger partial charge in [-0.2, -0.15) is 0 Å². The van der Waals surface area contributed by atoms with E-state index >= 15 is 0 Å². The molecule has 0 aromatic heterocycles. The molecular formula is C48H46O6. The molecule has 0 aliphatic rings. The van der Waals surface area contributed by atoms with Crippen molar-refractivity contribution in [2.75, 3.05) is 13.7 Å². The number of aliphatic hydroxyl groups excluding tert-OH is 1. The summed E-state index contributed by atoms with van der Waals surface area (Å²) in [6.45, 7) is -0.00163. The zero-order valence-electron chi connectivity index (χ0n) is 30.6. The van der Waals surface area contributed by atoms with Gasteiger partial charge < -0.3 is 19.3 Å². The maximum Gasteiger partial charge on any atom is 0.338 e. The van der Waals surface area contributed by atoms with Gasteiger partial charge in [0.2, 0.25) is 0 Å². The molecule has 6 heteroatoms. The van der Waals surface area contributed by atoms with Crippen LogP contribution in [0.2, 0.25) is 0 Å². The highest BCUT2D eigenvalue weighted by Gasteiger charge is 2.40. The van der Waals surface area contributed by atoms with E-state index in [1.54, 1.807) is 6.07 Å². The number of methoxy groups -OCH3 is 1. The first kappa shape index (κ1) is 37.9. The Morgan fingerprint density at radius 1 is 0.593 bits per heavy atom. The van der Waals surface area contributed by atoms with Gasteiger partial charge in [-0.05, 0) is 70.7 Å². The normalized spacial score (nSPS) is 12.4. The number of hydrogen-bond acceptors (Lipinski definition) is 6. The lowest BCUT2D eigenvalue weighted by Crippen LogP contribution is -2.40. The molecule has 54 heavy (non-hydrogen) atoms. The molecule has 0 radical (unpaired) electrons. The van der Waals surface area contributed by atoms with Gasteiger partial charge in [0, 0.05) is 0 Å². The summed E-state index contributed by atoms with van der Waals surface area (Å²) < 4.78 is 17.9. The second kappa shape index (κ2) is 18.8. The Kier molecular flexibility index (Phi) is 13.2. The molecule has 0 saturated carbocycles. The number of rotatable bonds is 17. The molecule has 6 rings (SSSR count). The van der Waals surface area contributed by atoms with Gasteiger partial charge in [-0.3, -0.25) is 4.79 Å². The van der Waals surface area contributed by atoms with Gasteiger partial charge in [-0.15, -0.1) is 0 Å². The van der Waals surface area contributed by atoms with Crippen LogP contribution >= 0.6 is 0 Å². The van der Waals surface area contributed by atoms with Crippen LogP contribution in [0.1, 0.15) is 55.7 Å². The molecule has 6 aromatic rings. The van der Waals surface area contributed by atoms with Crippen LogP contribution in [0.15, 0.2) is 170 Å². The van der Waals surface area contributed by atoms with Crippen molar-refractivity contribution in [3.8, 4) is 0 Å². The molecule has 6 nitrogen and oxygen atoms in total. The molecule has 0 fully saturated rings. The average molecular weight is 719 g/mol. The van der Waals surface area contributed by atoms with Gasteiger partial charge in [0.25, 0.3) is 0 Å². The topological polar surface area (TPSA) is 82.1 Å². The largest absolute Gasteiger partial charge is 0.465 e. The summed E-state index contributed by atoms with van der Waals surface area (Å²) in [6, 6.07) is 55.2. The van der Waals surface area contributed by atoms with E-state index in [0.29, 0.717) is 24.8 Å². The summed E-state index contributed by atoms with van der Waals surface area (Å²) in [5.74, 6) is -1.84. The highest BCUT2D eigenvalue weighted by Crippen LogP contribution is 2.41. The van der Waals surface area contributed by atoms with Crippen LogP contribution in [0.3, 0.4) is 0 Å². The molecule has 0 amide bonds. The third-order valence-corrected chi connectivity index (χ3v) is 9.84. The van der Waals surface area contributed by atoms with Crippen molar-refractivity contribution in [1.82, 2.24) is 0 Å². The van der Waals surface area contributed by atoms with E-state index < -0.39 is 23.6 Å². The zero-order chi connectivity index (χ0) is 37.6. The van der Waals surface area contributed by atoms with Gasteiger partial charge >= 0.3 is 11.9 Å². The van der Waals surface area contributed by atoms with E-state index in [1.165, 1.54) is 7.11 Å². The molecule has 6 aromatic carbocycles.